The first-order chi connectivity index (χ1) is 41.0. The van der Waals surface area contributed by atoms with Crippen molar-refractivity contribution < 1.29 is 104 Å². The number of H-pyrrole nitrogens is 1. The Labute approximate surface area is 496 Å². The van der Waals surface area contributed by atoms with E-state index in [1.165, 1.54) is 25.3 Å². The van der Waals surface area contributed by atoms with Crippen molar-refractivity contribution in [2.45, 2.75) is 170 Å². The Hall–Kier alpha value is -8.13. The van der Waals surface area contributed by atoms with Crippen LogP contribution in [-0.2, 0) is 44.9 Å². The van der Waals surface area contributed by atoms with Gasteiger partial charge < -0.3 is 110 Å². The van der Waals surface area contributed by atoms with Crippen LogP contribution in [0.1, 0.15) is 101 Å². The molecule has 13 atom stereocenters. The van der Waals surface area contributed by atoms with Crippen LogP contribution in [0.4, 0.5) is 11.6 Å². The third-order valence-electron chi connectivity index (χ3n) is 13.3. The van der Waals surface area contributed by atoms with Crippen molar-refractivity contribution in [1.82, 2.24) is 57.2 Å². The number of aromatic amines is 1. The molecule has 1 aromatic carbocycles. The SMILES string of the molecule is C[C@H](CCC(=O)N[C@@H](CCC(=O)NC[C@H](O)[C@@H](O)[C@H](O)[C@H](O)CO)C(=O)N[C@@H](CCC(=O)O)C(=O)N[C@@H](CCC(=O)NC[C@H](O)[C@@H](O)[C@H](O)[C@H](O)CO)C(=O)N[C@H](C)CCCC(=O)O)NC(=O)c1ccc(NCc2cnc3nc(N)[nH]c(=O)c3n2)cc1. The minimum atomic E-state index is -2.06. The summed E-state index contributed by atoms with van der Waals surface area (Å²) in [5.41, 5.74) is 6.23. The van der Waals surface area contributed by atoms with Gasteiger partial charge in [-0.2, -0.15) is 4.98 Å². The molecule has 3 rings (SSSR count). The molecule has 0 fully saturated rings. The lowest BCUT2D eigenvalue weighted by Gasteiger charge is -2.27. The van der Waals surface area contributed by atoms with Crippen molar-refractivity contribution in [3.63, 3.8) is 0 Å². The predicted octanol–water partition coefficient (Wildman–Crippen LogP) is -7.45. The number of aliphatic hydroxyl groups is 10. The number of aliphatic carboxylic acids is 2. The minimum Gasteiger partial charge on any atom is -0.481 e. The molecule has 23 N–H and O–H groups in total. The maximum absolute atomic E-state index is 14.2. The van der Waals surface area contributed by atoms with Gasteiger partial charge in [-0.3, -0.25) is 52.9 Å². The molecule has 0 aliphatic heterocycles. The molecule has 2 heterocycles. The molecule has 2 aromatic heterocycles. The van der Waals surface area contributed by atoms with E-state index in [2.05, 4.69) is 62.5 Å². The van der Waals surface area contributed by atoms with Crippen LogP contribution < -0.4 is 53.8 Å². The summed E-state index contributed by atoms with van der Waals surface area (Å²) >= 11 is 0. The van der Waals surface area contributed by atoms with Gasteiger partial charge in [-0.15, -0.1) is 0 Å². The molecule has 0 aliphatic rings. The number of nitrogens with one attached hydrogen (secondary N) is 9. The number of aromatic nitrogens is 4. The molecule has 0 unspecified atom stereocenters. The van der Waals surface area contributed by atoms with Gasteiger partial charge >= 0.3 is 11.9 Å². The van der Waals surface area contributed by atoms with Gasteiger partial charge in [-0.1, -0.05) is 0 Å². The van der Waals surface area contributed by atoms with E-state index in [1.807, 2.05) is 0 Å². The fraction of sp³-hybridized carbons (Fsp3) is 0.596. The number of benzene rings is 1. The van der Waals surface area contributed by atoms with Gasteiger partial charge in [0.1, 0.15) is 54.7 Å². The molecular formula is C52H79N13O22. The number of carbonyl (C=O) groups excluding carboxylic acids is 7. The first-order valence-electron chi connectivity index (χ1n) is 27.5. The second-order valence-corrected chi connectivity index (χ2v) is 20.5. The number of rotatable bonds is 40. The molecule has 0 aliphatic carbocycles. The highest BCUT2D eigenvalue weighted by atomic mass is 16.4. The van der Waals surface area contributed by atoms with Crippen molar-refractivity contribution in [1.29, 1.82) is 0 Å². The molecule has 35 nitrogen and oxygen atoms in total. The zero-order chi connectivity index (χ0) is 65.1. The molecule has 0 saturated heterocycles. The number of anilines is 2. The number of carboxylic acid groups (broad SMARTS) is 2. The molecule has 3 aromatic rings. The molecule has 35 heteroatoms. The normalized spacial score (nSPS) is 15.9. The third-order valence-corrected chi connectivity index (χ3v) is 13.3. The summed E-state index contributed by atoms with van der Waals surface area (Å²) in [6, 6.07) is -0.365. The Morgan fingerprint density at radius 3 is 1.52 bits per heavy atom. The number of hydrogen-bond acceptors (Lipinski definition) is 25. The molecule has 484 valence electrons. The van der Waals surface area contributed by atoms with Crippen LogP contribution in [0.25, 0.3) is 11.2 Å². The highest BCUT2D eigenvalue weighted by Gasteiger charge is 2.34. The van der Waals surface area contributed by atoms with Crippen molar-refractivity contribution in [3.8, 4) is 0 Å². The van der Waals surface area contributed by atoms with E-state index < -0.39 is 203 Å². The van der Waals surface area contributed by atoms with Crippen molar-refractivity contribution >= 4 is 76.1 Å². The van der Waals surface area contributed by atoms with Gasteiger partial charge in [-0.05, 0) is 76.6 Å². The summed E-state index contributed by atoms with van der Waals surface area (Å²) in [4.78, 5) is 145. The van der Waals surface area contributed by atoms with E-state index >= 15 is 0 Å². The number of fused-ring (bicyclic) bond motifs is 1. The number of hydrogen-bond donors (Lipinski definition) is 22. The second kappa shape index (κ2) is 36.8. The fourth-order valence-electron chi connectivity index (χ4n) is 8.11. The molecule has 0 radical (unpaired) electrons. The highest BCUT2D eigenvalue weighted by Crippen LogP contribution is 2.14. The summed E-state index contributed by atoms with van der Waals surface area (Å²) in [5, 5.41) is 137. The van der Waals surface area contributed by atoms with Crippen LogP contribution in [0.2, 0.25) is 0 Å². The van der Waals surface area contributed by atoms with Crippen LogP contribution in [0.5, 0.6) is 0 Å². The van der Waals surface area contributed by atoms with Gasteiger partial charge in [0.25, 0.3) is 11.5 Å². The standard InChI is InChI=1S/C52H79N13O22/c1-24(4-3-5-39(75)76)59-48(84)30(12-16-37(73)56-21-33(69)43(80)45(82)35(71)23-67)62-50(86)31(13-17-40(77)78)63-49(85)29(11-15-36(72)55-20-32(68)42(79)44(81)34(70)22-66)61-38(74)14-6-25(2)58-47(83)26-7-9-27(10-8-26)54-18-28-19-57-46-41(60-28)51(87)65-52(53)64-46/h7-10,19,24-25,29-35,42-45,54,66-71,79-82H,3-6,11-18,20-23H2,1-2H3,(H,55,72)(H,56,73)(H,58,83)(H,59,84)(H,61,74)(H,62,86)(H,63,85)(H,75,76)(H,77,78)(H3,53,57,64,65,87)/t24-,25-,29+,30+,31+,32+,33+,34-,35-,42-,43-,44-,45-/m1/s1. The number of nitrogens with zero attached hydrogens (tertiary/aromatic N) is 3. The Kier molecular flexibility index (Phi) is 30.9. The Morgan fingerprint density at radius 2 is 1.01 bits per heavy atom. The molecular weight excluding hydrogens is 1160 g/mol. The van der Waals surface area contributed by atoms with Gasteiger partial charge in [-0.25, -0.2) is 9.97 Å². The number of amides is 7. The van der Waals surface area contributed by atoms with Gasteiger partial charge in [0.05, 0.1) is 43.9 Å². The van der Waals surface area contributed by atoms with Gasteiger partial charge in [0, 0.05) is 68.5 Å². The Morgan fingerprint density at radius 1 is 0.552 bits per heavy atom. The summed E-state index contributed by atoms with van der Waals surface area (Å²) in [5.74, 6) is -9.16. The summed E-state index contributed by atoms with van der Waals surface area (Å²) < 4.78 is 0. The maximum atomic E-state index is 14.2. The molecule has 0 bridgehead atoms. The zero-order valence-electron chi connectivity index (χ0n) is 47.6. The molecule has 7 amide bonds. The predicted molar refractivity (Wildman–Crippen MR) is 301 cm³/mol. The van der Waals surface area contributed by atoms with E-state index in [1.54, 1.807) is 19.1 Å². The van der Waals surface area contributed by atoms with Crippen molar-refractivity contribution in [2.75, 3.05) is 37.4 Å². The summed E-state index contributed by atoms with van der Waals surface area (Å²) in [6.45, 7) is -0.183. The van der Waals surface area contributed by atoms with Crippen LogP contribution in [0, 0.1) is 0 Å². The third kappa shape index (κ3) is 25.8. The van der Waals surface area contributed by atoms with Crippen LogP contribution >= 0.6 is 0 Å². The fourth-order valence-corrected chi connectivity index (χ4v) is 8.11. The Balaban J connectivity index is 1.79. The number of carbonyl (C=O) groups is 9. The number of nitrogens with two attached hydrogens (primary N) is 1. The topological polar surface area (TPSA) is 590 Å². The quantitative estimate of drug-likeness (QED) is 0.0251. The average Bonchev–Trinajstić information content (AvgIpc) is 3.63. The van der Waals surface area contributed by atoms with E-state index in [0.29, 0.717) is 11.4 Å². The smallest absolute Gasteiger partial charge is 0.303 e. The molecule has 87 heavy (non-hydrogen) atoms. The summed E-state index contributed by atoms with van der Waals surface area (Å²) in [6.07, 6.45) is -18.4. The van der Waals surface area contributed by atoms with Crippen molar-refractivity contribution in [3.05, 3.63) is 52.1 Å². The lowest BCUT2D eigenvalue weighted by molar-refractivity contribution is -0.139. The van der Waals surface area contributed by atoms with Crippen LogP contribution in [0.3, 0.4) is 0 Å². The van der Waals surface area contributed by atoms with Gasteiger partial charge in [0.15, 0.2) is 11.2 Å². The lowest BCUT2D eigenvalue weighted by Crippen LogP contribution is -2.57. The van der Waals surface area contributed by atoms with Crippen LogP contribution in [0.15, 0.2) is 35.3 Å². The molecule has 0 saturated carbocycles. The largest absolute Gasteiger partial charge is 0.481 e. The number of aliphatic hydroxyl groups excluding tert-OH is 10. The molecule has 0 spiro atoms. The van der Waals surface area contributed by atoms with Gasteiger partial charge in [0.2, 0.25) is 41.4 Å². The minimum absolute atomic E-state index is 0.0146. The van der Waals surface area contributed by atoms with Crippen LogP contribution in [-0.4, -0.2) is 240 Å². The van der Waals surface area contributed by atoms with E-state index in [0.717, 1.165) is 0 Å². The number of carboxylic acids is 2. The second-order valence-electron chi connectivity index (χ2n) is 20.5. The first-order valence-corrected chi connectivity index (χ1v) is 27.5. The maximum Gasteiger partial charge on any atom is 0.303 e. The van der Waals surface area contributed by atoms with Crippen molar-refractivity contribution in [2.24, 2.45) is 0 Å². The highest BCUT2D eigenvalue weighted by molar-refractivity contribution is 5.96. The summed E-state index contributed by atoms with van der Waals surface area (Å²) in [7, 11) is 0. The average molecular weight is 1240 g/mol. The Bertz CT molecular complexity index is 2830. The zero-order valence-corrected chi connectivity index (χ0v) is 47.6. The van der Waals surface area contributed by atoms with E-state index in [-0.39, 0.29) is 61.3 Å². The number of nitrogen functional groups attached to an aromatic ring is 1. The first kappa shape index (κ1) is 73.1. The lowest BCUT2D eigenvalue weighted by atomic mass is 10.0. The van der Waals surface area contributed by atoms with E-state index in [9.17, 15) is 93.9 Å². The van der Waals surface area contributed by atoms with E-state index in [4.69, 9.17) is 21.1 Å². The monoisotopic (exact) mass is 1240 g/mol.